The molecule has 1 atom stereocenters. The zero-order chi connectivity index (χ0) is 21.5. The molecule has 0 saturated heterocycles. The lowest BCUT2D eigenvalue weighted by Gasteiger charge is -2.30. The number of allylic oxidation sites excluding steroid dienone is 2. The van der Waals surface area contributed by atoms with Gasteiger partial charge in [0.25, 0.3) is 0 Å². The minimum atomic E-state index is -4.82. The van der Waals surface area contributed by atoms with E-state index < -0.39 is 29.3 Å². The monoisotopic (exact) mass is 434 g/mol. The Morgan fingerprint density at radius 2 is 1.80 bits per heavy atom. The normalized spacial score (nSPS) is 16.1. The van der Waals surface area contributed by atoms with Crippen LogP contribution in [0, 0.1) is 0 Å². The second-order valence-corrected chi connectivity index (χ2v) is 6.89. The van der Waals surface area contributed by atoms with Crippen LogP contribution in [0.4, 0.5) is 19.1 Å². The average Bonchev–Trinajstić information content (AvgIpc) is 3.20. The number of alkyl halides is 3. The summed E-state index contributed by atoms with van der Waals surface area (Å²) in [6, 6.07) is 10.9. The van der Waals surface area contributed by atoms with E-state index in [0.29, 0.717) is 16.3 Å². The Labute approximate surface area is 173 Å². The van der Waals surface area contributed by atoms with E-state index in [0.717, 1.165) is 6.33 Å². The van der Waals surface area contributed by atoms with Crippen molar-refractivity contribution in [2.45, 2.75) is 12.2 Å². The highest BCUT2D eigenvalue weighted by atomic mass is 35.5. The van der Waals surface area contributed by atoms with Crippen molar-refractivity contribution < 1.29 is 22.7 Å². The van der Waals surface area contributed by atoms with Gasteiger partial charge in [0.15, 0.2) is 5.78 Å². The Morgan fingerprint density at radius 1 is 1.13 bits per heavy atom. The Kier molecular flexibility index (Phi) is 4.98. The summed E-state index contributed by atoms with van der Waals surface area (Å²) in [6.45, 7) is 0. The number of carbonyl (C=O) groups is 1. The molecule has 2 heterocycles. The molecule has 10 heteroatoms. The summed E-state index contributed by atoms with van der Waals surface area (Å²) >= 11 is 5.86. The van der Waals surface area contributed by atoms with Crippen LogP contribution in [-0.4, -0.2) is 33.8 Å². The molecule has 1 aliphatic heterocycles. The van der Waals surface area contributed by atoms with Gasteiger partial charge in [-0.2, -0.15) is 23.3 Å². The molecule has 4 rings (SSSR count). The summed E-state index contributed by atoms with van der Waals surface area (Å²) in [5, 5.41) is 6.64. The fourth-order valence-electron chi connectivity index (χ4n) is 3.28. The number of halogens is 4. The van der Waals surface area contributed by atoms with Crippen molar-refractivity contribution in [1.82, 2.24) is 14.8 Å². The summed E-state index contributed by atoms with van der Waals surface area (Å²) in [6.07, 6.45) is -3.69. The van der Waals surface area contributed by atoms with Crippen LogP contribution in [-0.2, 0) is 0 Å². The first-order chi connectivity index (χ1) is 14.3. The van der Waals surface area contributed by atoms with Gasteiger partial charge in [-0.05, 0) is 42.0 Å². The lowest BCUT2D eigenvalue weighted by Crippen LogP contribution is -2.35. The van der Waals surface area contributed by atoms with Gasteiger partial charge in [-0.25, -0.2) is 4.68 Å². The number of ketones is 1. The summed E-state index contributed by atoms with van der Waals surface area (Å²) in [4.78, 5) is 17.1. The molecule has 1 aliphatic rings. The van der Waals surface area contributed by atoms with Crippen LogP contribution in [0.1, 0.15) is 22.0 Å². The molecular formula is C20H14ClF3N4O2. The SMILES string of the molecule is COc1ccc(C2C(C(=O)c3ccc(Cl)cc3)=C(C(F)(F)F)Nc3ncnn32)cc1. The number of anilines is 1. The first-order valence-corrected chi connectivity index (χ1v) is 9.09. The van der Waals surface area contributed by atoms with Crippen LogP contribution in [0.15, 0.2) is 66.1 Å². The molecule has 0 bridgehead atoms. The van der Waals surface area contributed by atoms with Gasteiger partial charge in [0.05, 0.1) is 12.7 Å². The maximum atomic E-state index is 14.0. The standard InChI is InChI=1S/C20H14ClF3N4O2/c1-30-14-8-4-11(5-9-14)16-15(17(29)12-2-6-13(21)7-3-12)18(20(22,23)24)27-19-25-10-26-28(16)19/h2-10,16H,1H3,(H,25,26,27). The van der Waals surface area contributed by atoms with E-state index in [1.54, 1.807) is 24.3 Å². The number of aromatic nitrogens is 3. The summed E-state index contributed by atoms with van der Waals surface area (Å²) in [7, 11) is 1.48. The van der Waals surface area contributed by atoms with Crippen molar-refractivity contribution in [1.29, 1.82) is 0 Å². The Balaban J connectivity index is 1.94. The van der Waals surface area contributed by atoms with Crippen LogP contribution in [0.5, 0.6) is 5.75 Å². The zero-order valence-electron chi connectivity index (χ0n) is 15.4. The van der Waals surface area contributed by atoms with E-state index in [2.05, 4.69) is 15.4 Å². The highest BCUT2D eigenvalue weighted by Gasteiger charge is 2.45. The fourth-order valence-corrected chi connectivity index (χ4v) is 3.40. The molecule has 30 heavy (non-hydrogen) atoms. The van der Waals surface area contributed by atoms with Crippen LogP contribution >= 0.6 is 11.6 Å². The molecule has 0 amide bonds. The minimum absolute atomic E-state index is 0.0695. The number of nitrogens with zero attached hydrogens (tertiary/aromatic N) is 3. The highest BCUT2D eigenvalue weighted by molar-refractivity contribution is 6.30. The number of ether oxygens (including phenoxy) is 1. The van der Waals surface area contributed by atoms with Gasteiger partial charge in [-0.1, -0.05) is 23.7 Å². The first-order valence-electron chi connectivity index (χ1n) is 8.71. The van der Waals surface area contributed by atoms with Gasteiger partial charge in [-0.15, -0.1) is 0 Å². The molecule has 6 nitrogen and oxygen atoms in total. The number of methoxy groups -OCH3 is 1. The number of nitrogens with one attached hydrogen (secondary N) is 1. The quantitative estimate of drug-likeness (QED) is 0.605. The predicted octanol–water partition coefficient (Wildman–Crippen LogP) is 4.65. The van der Waals surface area contributed by atoms with Gasteiger partial charge >= 0.3 is 6.18 Å². The largest absolute Gasteiger partial charge is 0.497 e. The number of Topliss-reactive ketones (excluding diaryl/α,β-unsaturated/α-hetero) is 1. The van der Waals surface area contributed by atoms with Crippen molar-refractivity contribution in [2.75, 3.05) is 12.4 Å². The van der Waals surface area contributed by atoms with E-state index >= 15 is 0 Å². The topological polar surface area (TPSA) is 69.0 Å². The van der Waals surface area contributed by atoms with Crippen molar-refractivity contribution in [3.05, 3.63) is 82.3 Å². The second-order valence-electron chi connectivity index (χ2n) is 6.45. The van der Waals surface area contributed by atoms with Gasteiger partial charge in [-0.3, -0.25) is 4.79 Å². The Bertz CT molecular complexity index is 1120. The summed E-state index contributed by atoms with van der Waals surface area (Å²) < 4.78 is 48.3. The maximum Gasteiger partial charge on any atom is 0.431 e. The molecule has 3 aromatic rings. The molecule has 1 aromatic heterocycles. The number of rotatable bonds is 4. The number of hydrogen-bond acceptors (Lipinski definition) is 5. The van der Waals surface area contributed by atoms with Crippen LogP contribution in [0.25, 0.3) is 0 Å². The van der Waals surface area contributed by atoms with Gasteiger partial charge in [0.2, 0.25) is 5.95 Å². The van der Waals surface area contributed by atoms with Crippen molar-refractivity contribution >= 4 is 23.3 Å². The molecule has 1 unspecified atom stereocenters. The average molecular weight is 435 g/mol. The van der Waals surface area contributed by atoms with Gasteiger partial charge in [0, 0.05) is 10.6 Å². The Morgan fingerprint density at radius 3 is 2.40 bits per heavy atom. The predicted molar refractivity (Wildman–Crippen MR) is 104 cm³/mol. The summed E-state index contributed by atoms with van der Waals surface area (Å²) in [5.74, 6) is -0.388. The molecule has 0 spiro atoms. The molecule has 0 fully saturated rings. The van der Waals surface area contributed by atoms with E-state index in [9.17, 15) is 18.0 Å². The van der Waals surface area contributed by atoms with Crippen molar-refractivity contribution in [3.63, 3.8) is 0 Å². The molecule has 0 aliphatic carbocycles. The lowest BCUT2D eigenvalue weighted by molar-refractivity contribution is -0.0918. The number of benzene rings is 2. The molecular weight excluding hydrogens is 421 g/mol. The van der Waals surface area contributed by atoms with Crippen LogP contribution < -0.4 is 10.1 Å². The summed E-state index contributed by atoms with van der Waals surface area (Å²) in [5.41, 5.74) is -1.18. The van der Waals surface area contributed by atoms with Gasteiger partial charge in [0.1, 0.15) is 23.8 Å². The van der Waals surface area contributed by atoms with Crippen LogP contribution in [0.3, 0.4) is 0 Å². The fraction of sp³-hybridized carbons (Fsp3) is 0.150. The number of hydrogen-bond donors (Lipinski definition) is 1. The van der Waals surface area contributed by atoms with Crippen molar-refractivity contribution in [3.8, 4) is 5.75 Å². The Hall–Kier alpha value is -3.33. The number of fused-ring (bicyclic) bond motifs is 1. The third-order valence-corrected chi connectivity index (χ3v) is 4.92. The molecule has 0 saturated carbocycles. The molecule has 2 aromatic carbocycles. The highest BCUT2D eigenvalue weighted by Crippen LogP contribution is 2.42. The van der Waals surface area contributed by atoms with Crippen LogP contribution in [0.2, 0.25) is 5.02 Å². The molecule has 0 radical (unpaired) electrons. The second kappa shape index (κ2) is 7.49. The van der Waals surface area contributed by atoms with E-state index in [4.69, 9.17) is 16.3 Å². The smallest absolute Gasteiger partial charge is 0.431 e. The van der Waals surface area contributed by atoms with Crippen molar-refractivity contribution in [2.24, 2.45) is 0 Å². The van der Waals surface area contributed by atoms with E-state index in [1.807, 2.05) is 0 Å². The zero-order valence-corrected chi connectivity index (χ0v) is 16.2. The third-order valence-electron chi connectivity index (χ3n) is 4.66. The molecule has 154 valence electrons. The lowest BCUT2D eigenvalue weighted by atomic mass is 9.89. The number of carbonyl (C=O) groups excluding carboxylic acids is 1. The third kappa shape index (κ3) is 3.52. The molecule has 1 N–H and O–H groups in total. The first kappa shape index (κ1) is 20.0. The van der Waals surface area contributed by atoms with E-state index in [1.165, 1.54) is 36.1 Å². The van der Waals surface area contributed by atoms with E-state index in [-0.39, 0.29) is 11.5 Å². The minimum Gasteiger partial charge on any atom is -0.497 e. The maximum absolute atomic E-state index is 14.0. The van der Waals surface area contributed by atoms with Gasteiger partial charge < -0.3 is 10.1 Å².